The van der Waals surface area contributed by atoms with E-state index in [1.807, 2.05) is 0 Å². The summed E-state index contributed by atoms with van der Waals surface area (Å²) in [6.45, 7) is 5.61. The molecule has 41 heavy (non-hydrogen) atoms. The number of benzene rings is 1. The molecule has 1 saturated carbocycles. The van der Waals surface area contributed by atoms with Crippen molar-refractivity contribution in [3.05, 3.63) is 35.5 Å². The van der Waals surface area contributed by atoms with Crippen LogP contribution >= 0.6 is 10.7 Å². The van der Waals surface area contributed by atoms with Crippen LogP contribution < -0.4 is 10.2 Å². The molecule has 0 amide bonds. The number of aromatic nitrogens is 2. The predicted octanol–water partition coefficient (Wildman–Crippen LogP) is 5.16. The van der Waals surface area contributed by atoms with Gasteiger partial charge in [-0.1, -0.05) is 5.87 Å². The number of nitrogens with one attached hydrogen (secondary N) is 1. The first-order chi connectivity index (χ1) is 19.1. The first kappa shape index (κ1) is 30.2. The fourth-order valence-electron chi connectivity index (χ4n) is 6.35. The second-order valence-electron chi connectivity index (χ2n) is 12.2. The van der Waals surface area contributed by atoms with Gasteiger partial charge in [0.1, 0.15) is 11.4 Å². The zero-order valence-corrected chi connectivity index (χ0v) is 25.3. The number of rotatable bonds is 6. The topological polar surface area (TPSA) is 98.7 Å². The van der Waals surface area contributed by atoms with Crippen LogP contribution in [0.15, 0.2) is 29.3 Å². The summed E-state index contributed by atoms with van der Waals surface area (Å²) in [6.07, 6.45) is 2.55. The van der Waals surface area contributed by atoms with Crippen LogP contribution in [0.2, 0.25) is 0 Å². The fraction of sp³-hybridized carbons (Fsp3) is 0.607. The molecule has 3 heterocycles. The van der Waals surface area contributed by atoms with E-state index in [0.717, 1.165) is 32.1 Å². The number of nitrogens with zero attached hydrogens (tertiary/aromatic N) is 4. The Balaban J connectivity index is 1.31. The Hall–Kier alpha value is -2.22. The Morgan fingerprint density at radius 2 is 1.85 bits per heavy atom. The predicted molar refractivity (Wildman–Crippen MR) is 158 cm³/mol. The number of hydrogen-bond acceptors (Lipinski definition) is 8. The summed E-state index contributed by atoms with van der Waals surface area (Å²) in [5, 5.41) is 13.0. The van der Waals surface area contributed by atoms with Crippen molar-refractivity contribution in [2.24, 2.45) is 5.41 Å². The van der Waals surface area contributed by atoms with E-state index in [1.165, 1.54) is 11.0 Å². The molecule has 8 nitrogen and oxygen atoms in total. The van der Waals surface area contributed by atoms with Gasteiger partial charge in [-0.25, -0.2) is 13.4 Å². The number of piperidine rings is 2. The molecule has 0 radical (unpaired) electrons. The molecule has 1 aromatic carbocycles. The summed E-state index contributed by atoms with van der Waals surface area (Å²) in [6, 6.07) is 4.75. The highest BCUT2D eigenvalue weighted by molar-refractivity contribution is 8.11. The first-order valence-corrected chi connectivity index (χ1v) is 17.1. The van der Waals surface area contributed by atoms with Crippen molar-refractivity contribution in [2.45, 2.75) is 74.3 Å². The molecule has 1 aromatic heterocycles. The molecule has 5 rings (SSSR count). The lowest BCUT2D eigenvalue weighted by atomic mass is 9.63. The van der Waals surface area contributed by atoms with Crippen molar-refractivity contribution in [2.75, 3.05) is 42.7 Å². The largest absolute Gasteiger partial charge is 0.421 e. The van der Waals surface area contributed by atoms with E-state index in [2.05, 4.69) is 31.7 Å². The maximum atomic E-state index is 13.8. The van der Waals surface area contributed by atoms with E-state index in [4.69, 9.17) is 0 Å². The lowest BCUT2D eigenvalue weighted by Gasteiger charge is -2.51. The van der Waals surface area contributed by atoms with Gasteiger partial charge in [-0.2, -0.15) is 18.2 Å². The van der Waals surface area contributed by atoms with Crippen molar-refractivity contribution in [3.63, 3.8) is 0 Å². The van der Waals surface area contributed by atoms with Crippen molar-refractivity contribution in [1.29, 1.82) is 0 Å². The molecule has 226 valence electrons. The highest BCUT2D eigenvalue weighted by atomic mass is 32.2. The summed E-state index contributed by atoms with van der Waals surface area (Å²) in [5.74, 6) is 3.79. The van der Waals surface area contributed by atoms with Gasteiger partial charge in [0.2, 0.25) is 5.95 Å². The Morgan fingerprint density at radius 1 is 1.17 bits per heavy atom. The average molecular weight is 614 g/mol. The molecule has 1 aliphatic carbocycles. The summed E-state index contributed by atoms with van der Waals surface area (Å²) >= 11 is 0. The molecule has 2 saturated heterocycles. The number of aliphatic hydroxyl groups is 1. The van der Waals surface area contributed by atoms with E-state index >= 15 is 0 Å². The smallest absolute Gasteiger partial charge is 0.388 e. The second kappa shape index (κ2) is 10.8. The van der Waals surface area contributed by atoms with Crippen LogP contribution in [0.5, 0.6) is 0 Å². The molecule has 13 heteroatoms. The minimum Gasteiger partial charge on any atom is -0.388 e. The summed E-state index contributed by atoms with van der Waals surface area (Å²) in [7, 11) is -3.52. The van der Waals surface area contributed by atoms with Gasteiger partial charge in [0.05, 0.1) is 15.7 Å². The number of halogens is 3. The van der Waals surface area contributed by atoms with Gasteiger partial charge >= 0.3 is 6.18 Å². The standard InChI is InChI=1S/C28H38F3N5O3S2/c1-19-14-20(41(38,39)21-15-27(16-21)9-12-36(13-10-27)40(3)4)6-7-23(19)33-25-32-17-22(28(29,30)31)24(34-25)35-11-5-8-26(2,37)18-35/h6-7,14,17,21,37H,3,5,8-13,15-16,18H2,1-2,4H3,(H,32,33,34)/t26-,40?/m1/s1. The summed E-state index contributed by atoms with van der Waals surface area (Å²) in [5.41, 5.74) is -0.875. The van der Waals surface area contributed by atoms with E-state index in [1.54, 1.807) is 26.0 Å². The molecule has 1 unspecified atom stereocenters. The van der Waals surface area contributed by atoms with Crippen LogP contribution in [0.25, 0.3) is 0 Å². The Morgan fingerprint density at radius 3 is 2.44 bits per heavy atom. The SMILES string of the molecule is C=S(C)N1CCC2(CC1)CC(S(=O)(=O)c1ccc(Nc3ncc(C(F)(F)F)c(N4CCC[C@@](C)(O)C4)n3)c(C)c1)C2. The van der Waals surface area contributed by atoms with Gasteiger partial charge in [-0.15, -0.1) is 10.7 Å². The lowest BCUT2D eigenvalue weighted by molar-refractivity contribution is -0.137. The maximum absolute atomic E-state index is 13.8. The Kier molecular flexibility index (Phi) is 7.97. The lowest BCUT2D eigenvalue weighted by Crippen LogP contribution is -2.50. The second-order valence-corrected chi connectivity index (χ2v) is 16.1. The van der Waals surface area contributed by atoms with Gasteiger partial charge in [0.15, 0.2) is 9.84 Å². The zero-order chi connectivity index (χ0) is 29.8. The van der Waals surface area contributed by atoms with Gasteiger partial charge in [-0.05, 0) is 87.8 Å². The van der Waals surface area contributed by atoms with E-state index in [0.29, 0.717) is 43.5 Å². The fourth-order valence-corrected chi connectivity index (χ4v) is 9.28. The van der Waals surface area contributed by atoms with Gasteiger partial charge < -0.3 is 15.3 Å². The monoisotopic (exact) mass is 613 g/mol. The molecular weight excluding hydrogens is 575 g/mol. The number of β-amino-alcohol motifs (C(OH)–C–C–N with tert-alkyl or cyclic N) is 1. The maximum Gasteiger partial charge on any atom is 0.421 e. The minimum absolute atomic E-state index is 0.0121. The molecule has 2 aliphatic heterocycles. The molecular formula is C28H38F3N5O3S2. The third-order valence-electron chi connectivity index (χ3n) is 8.81. The number of anilines is 3. The Bertz CT molecular complexity index is 1430. The van der Waals surface area contributed by atoms with Crippen LogP contribution in [-0.4, -0.2) is 77.0 Å². The van der Waals surface area contributed by atoms with Crippen molar-refractivity contribution in [3.8, 4) is 0 Å². The van der Waals surface area contributed by atoms with Gasteiger partial charge in [0, 0.05) is 38.1 Å². The zero-order valence-electron chi connectivity index (χ0n) is 23.7. The van der Waals surface area contributed by atoms with Crippen LogP contribution in [0, 0.1) is 12.3 Å². The number of aryl methyl sites for hydroxylation is 1. The van der Waals surface area contributed by atoms with E-state index in [-0.39, 0.29) is 39.3 Å². The minimum atomic E-state index is -4.66. The van der Waals surface area contributed by atoms with E-state index in [9.17, 15) is 26.7 Å². The highest BCUT2D eigenvalue weighted by Crippen LogP contribution is 2.53. The first-order valence-electron chi connectivity index (χ1n) is 13.8. The molecule has 1 spiro atoms. The van der Waals surface area contributed by atoms with Crippen molar-refractivity contribution < 1.29 is 26.7 Å². The third-order valence-corrected chi connectivity index (χ3v) is 12.2. The molecule has 2 atom stereocenters. The summed E-state index contributed by atoms with van der Waals surface area (Å²) < 4.78 is 70.6. The molecule has 2 aromatic rings. The summed E-state index contributed by atoms with van der Waals surface area (Å²) in [4.78, 5) is 9.79. The van der Waals surface area contributed by atoms with Crippen molar-refractivity contribution >= 4 is 43.8 Å². The van der Waals surface area contributed by atoms with Crippen LogP contribution in [-0.2, 0) is 16.0 Å². The number of sulfone groups is 1. The van der Waals surface area contributed by atoms with Gasteiger partial charge in [0.25, 0.3) is 0 Å². The van der Waals surface area contributed by atoms with Crippen LogP contribution in [0.1, 0.15) is 56.6 Å². The van der Waals surface area contributed by atoms with Crippen LogP contribution in [0.4, 0.5) is 30.6 Å². The Labute approximate surface area is 242 Å². The normalized spacial score (nSPS) is 24.7. The highest BCUT2D eigenvalue weighted by Gasteiger charge is 2.51. The third kappa shape index (κ3) is 6.28. The molecule has 2 N–H and O–H groups in total. The molecule has 3 aliphatic rings. The quantitative estimate of drug-likeness (QED) is 0.431. The number of alkyl halides is 3. The molecule has 0 bridgehead atoms. The molecule has 3 fully saturated rings. The van der Waals surface area contributed by atoms with Gasteiger partial charge in [-0.3, -0.25) is 4.31 Å². The van der Waals surface area contributed by atoms with Crippen LogP contribution in [0.3, 0.4) is 0 Å². The number of hydrogen-bond donors (Lipinski definition) is 2. The average Bonchev–Trinajstić information content (AvgIpc) is 2.87. The van der Waals surface area contributed by atoms with E-state index < -0.39 is 32.4 Å². The van der Waals surface area contributed by atoms with Crippen molar-refractivity contribution in [1.82, 2.24) is 14.3 Å².